The van der Waals surface area contributed by atoms with Gasteiger partial charge >= 0.3 is 0 Å². The molecule has 2 nitrogen and oxygen atoms in total. The van der Waals surface area contributed by atoms with Gasteiger partial charge in [-0.3, -0.25) is 0 Å². The standard InChI is InChI=1S/C19H23NO/c1-2-17-13-14-21-19(16-11-7-4-8-12-16)18(20-17)15-9-5-3-6-10-15/h3-12,17-20H,2,13-14H2,1H3. The minimum atomic E-state index is 0.0742. The highest BCUT2D eigenvalue weighted by Crippen LogP contribution is 2.35. The van der Waals surface area contributed by atoms with Crippen molar-refractivity contribution in [2.24, 2.45) is 0 Å². The van der Waals surface area contributed by atoms with Crippen LogP contribution in [-0.2, 0) is 4.74 Å². The Morgan fingerprint density at radius 2 is 1.57 bits per heavy atom. The van der Waals surface area contributed by atoms with Crippen LogP contribution in [0.1, 0.15) is 43.0 Å². The maximum atomic E-state index is 6.23. The second-order valence-corrected chi connectivity index (χ2v) is 5.65. The van der Waals surface area contributed by atoms with Gasteiger partial charge in [0, 0.05) is 12.6 Å². The SMILES string of the molecule is CCC1CCOC(c2ccccc2)C(c2ccccc2)N1. The smallest absolute Gasteiger partial charge is 0.102 e. The van der Waals surface area contributed by atoms with E-state index in [-0.39, 0.29) is 12.1 Å². The van der Waals surface area contributed by atoms with E-state index >= 15 is 0 Å². The second-order valence-electron chi connectivity index (χ2n) is 5.65. The molecule has 2 aromatic carbocycles. The predicted octanol–water partition coefficient (Wildman–Crippen LogP) is 4.26. The molecule has 2 aromatic rings. The molecule has 110 valence electrons. The van der Waals surface area contributed by atoms with Crippen molar-refractivity contribution in [2.75, 3.05) is 6.61 Å². The highest BCUT2D eigenvalue weighted by Gasteiger charge is 2.30. The molecule has 1 heterocycles. The Morgan fingerprint density at radius 1 is 0.952 bits per heavy atom. The van der Waals surface area contributed by atoms with Crippen LogP contribution in [0.4, 0.5) is 0 Å². The largest absolute Gasteiger partial charge is 0.371 e. The molecule has 21 heavy (non-hydrogen) atoms. The van der Waals surface area contributed by atoms with E-state index in [0.717, 1.165) is 19.4 Å². The van der Waals surface area contributed by atoms with E-state index < -0.39 is 0 Å². The third-order valence-corrected chi connectivity index (χ3v) is 4.26. The summed E-state index contributed by atoms with van der Waals surface area (Å²) in [5.41, 5.74) is 2.54. The molecule has 0 amide bonds. The molecule has 1 N–H and O–H groups in total. The minimum Gasteiger partial charge on any atom is -0.371 e. The molecule has 1 fully saturated rings. The molecule has 1 aliphatic rings. The van der Waals surface area contributed by atoms with Crippen molar-refractivity contribution in [3.05, 3.63) is 71.8 Å². The Labute approximate surface area is 127 Å². The Bertz CT molecular complexity index is 540. The van der Waals surface area contributed by atoms with Gasteiger partial charge in [-0.15, -0.1) is 0 Å². The van der Waals surface area contributed by atoms with Gasteiger partial charge in [-0.25, -0.2) is 0 Å². The Hall–Kier alpha value is -1.64. The lowest BCUT2D eigenvalue weighted by molar-refractivity contribution is 0.0416. The summed E-state index contributed by atoms with van der Waals surface area (Å²) in [5.74, 6) is 0. The van der Waals surface area contributed by atoms with Crippen LogP contribution < -0.4 is 5.32 Å². The van der Waals surface area contributed by atoms with Crippen LogP contribution in [0.25, 0.3) is 0 Å². The summed E-state index contributed by atoms with van der Waals surface area (Å²) in [6.45, 7) is 3.05. The highest BCUT2D eigenvalue weighted by atomic mass is 16.5. The summed E-state index contributed by atoms with van der Waals surface area (Å²) in [6, 6.07) is 21.9. The van der Waals surface area contributed by atoms with Crippen molar-refractivity contribution in [2.45, 2.75) is 38.0 Å². The van der Waals surface area contributed by atoms with Gasteiger partial charge in [0.2, 0.25) is 0 Å². The van der Waals surface area contributed by atoms with Gasteiger partial charge in [-0.1, -0.05) is 67.6 Å². The molecule has 2 heteroatoms. The molecular weight excluding hydrogens is 258 g/mol. The number of nitrogens with one attached hydrogen (secondary N) is 1. The predicted molar refractivity (Wildman–Crippen MR) is 86.1 cm³/mol. The first kappa shape index (κ1) is 14.3. The van der Waals surface area contributed by atoms with Crippen molar-refractivity contribution < 1.29 is 4.74 Å². The Morgan fingerprint density at radius 3 is 2.19 bits per heavy atom. The van der Waals surface area contributed by atoms with Crippen LogP contribution in [0.3, 0.4) is 0 Å². The molecule has 0 aliphatic carbocycles. The van der Waals surface area contributed by atoms with Crippen LogP contribution in [-0.4, -0.2) is 12.6 Å². The normalized spacial score (nSPS) is 26.2. The van der Waals surface area contributed by atoms with Gasteiger partial charge in [0.05, 0.1) is 6.04 Å². The van der Waals surface area contributed by atoms with E-state index in [9.17, 15) is 0 Å². The van der Waals surface area contributed by atoms with Crippen LogP contribution >= 0.6 is 0 Å². The number of benzene rings is 2. The lowest BCUT2D eigenvalue weighted by Gasteiger charge is -2.28. The monoisotopic (exact) mass is 281 g/mol. The Balaban J connectivity index is 1.95. The molecule has 0 saturated carbocycles. The maximum Gasteiger partial charge on any atom is 0.102 e. The molecule has 3 unspecified atom stereocenters. The summed E-state index contributed by atoms with van der Waals surface area (Å²) in [4.78, 5) is 0. The lowest BCUT2D eigenvalue weighted by atomic mass is 9.95. The zero-order valence-corrected chi connectivity index (χ0v) is 12.5. The summed E-state index contributed by atoms with van der Waals surface area (Å²) in [5, 5.41) is 3.81. The first-order valence-corrected chi connectivity index (χ1v) is 7.86. The third kappa shape index (κ3) is 3.34. The first-order valence-electron chi connectivity index (χ1n) is 7.86. The topological polar surface area (TPSA) is 21.3 Å². The maximum absolute atomic E-state index is 6.23. The molecule has 3 rings (SSSR count). The number of hydrogen-bond donors (Lipinski definition) is 1. The van der Waals surface area contributed by atoms with E-state index in [1.165, 1.54) is 11.1 Å². The van der Waals surface area contributed by atoms with Gasteiger partial charge in [0.1, 0.15) is 6.10 Å². The van der Waals surface area contributed by atoms with E-state index in [0.29, 0.717) is 6.04 Å². The molecule has 1 aliphatic heterocycles. The van der Waals surface area contributed by atoms with Gasteiger partial charge in [0.15, 0.2) is 0 Å². The van der Waals surface area contributed by atoms with Crippen molar-refractivity contribution in [3.8, 4) is 0 Å². The summed E-state index contributed by atoms with van der Waals surface area (Å²) < 4.78 is 6.23. The quantitative estimate of drug-likeness (QED) is 0.907. The highest BCUT2D eigenvalue weighted by molar-refractivity contribution is 5.27. The zero-order chi connectivity index (χ0) is 14.5. The van der Waals surface area contributed by atoms with Gasteiger partial charge in [-0.2, -0.15) is 0 Å². The average Bonchev–Trinajstić information content (AvgIpc) is 2.79. The molecular formula is C19H23NO. The van der Waals surface area contributed by atoms with E-state index in [1.807, 2.05) is 0 Å². The summed E-state index contributed by atoms with van der Waals surface area (Å²) in [7, 11) is 0. The number of ether oxygens (including phenoxy) is 1. The Kier molecular flexibility index (Phi) is 4.69. The molecule has 1 saturated heterocycles. The summed E-state index contributed by atoms with van der Waals surface area (Å²) in [6.07, 6.45) is 2.28. The van der Waals surface area contributed by atoms with Crippen LogP contribution in [0.5, 0.6) is 0 Å². The first-order chi connectivity index (χ1) is 10.4. The fourth-order valence-corrected chi connectivity index (χ4v) is 3.04. The average molecular weight is 281 g/mol. The van der Waals surface area contributed by atoms with Crippen molar-refractivity contribution in [1.29, 1.82) is 0 Å². The molecule has 0 aromatic heterocycles. The molecule has 0 radical (unpaired) electrons. The van der Waals surface area contributed by atoms with E-state index in [1.54, 1.807) is 0 Å². The van der Waals surface area contributed by atoms with Gasteiger partial charge < -0.3 is 10.1 Å². The lowest BCUT2D eigenvalue weighted by Crippen LogP contribution is -2.33. The minimum absolute atomic E-state index is 0.0742. The zero-order valence-electron chi connectivity index (χ0n) is 12.5. The van der Waals surface area contributed by atoms with Crippen LogP contribution in [0.15, 0.2) is 60.7 Å². The second kappa shape index (κ2) is 6.88. The van der Waals surface area contributed by atoms with E-state index in [2.05, 4.69) is 72.9 Å². The van der Waals surface area contributed by atoms with E-state index in [4.69, 9.17) is 4.74 Å². The number of rotatable bonds is 3. The van der Waals surface area contributed by atoms with Crippen LogP contribution in [0.2, 0.25) is 0 Å². The molecule has 0 spiro atoms. The third-order valence-electron chi connectivity index (χ3n) is 4.26. The number of hydrogen-bond acceptors (Lipinski definition) is 2. The fraction of sp³-hybridized carbons (Fsp3) is 0.368. The summed E-state index contributed by atoms with van der Waals surface area (Å²) >= 11 is 0. The molecule has 3 atom stereocenters. The van der Waals surface area contributed by atoms with Crippen molar-refractivity contribution in [3.63, 3.8) is 0 Å². The van der Waals surface area contributed by atoms with Crippen molar-refractivity contribution >= 4 is 0 Å². The molecule has 0 bridgehead atoms. The van der Waals surface area contributed by atoms with Crippen LogP contribution in [0, 0.1) is 0 Å². The van der Waals surface area contributed by atoms with Gasteiger partial charge in [0.25, 0.3) is 0 Å². The van der Waals surface area contributed by atoms with Crippen molar-refractivity contribution in [1.82, 2.24) is 5.32 Å². The van der Waals surface area contributed by atoms with Gasteiger partial charge in [-0.05, 0) is 24.0 Å². The fourth-order valence-electron chi connectivity index (χ4n) is 3.04.